The summed E-state index contributed by atoms with van der Waals surface area (Å²) in [5.41, 5.74) is 54.8. The Hall–Kier alpha value is -17.6. The van der Waals surface area contributed by atoms with E-state index >= 15 is 0 Å². The maximum Gasteiger partial charge on any atom is 0.0465 e. The monoisotopic (exact) mass is 1900 g/mol. The highest BCUT2D eigenvalue weighted by Gasteiger charge is 2.44. The van der Waals surface area contributed by atoms with Crippen molar-refractivity contribution in [3.63, 3.8) is 0 Å². The zero-order valence-electron chi connectivity index (χ0n) is 85.7. The lowest BCUT2D eigenvalue weighted by molar-refractivity contribution is 0.659. The van der Waals surface area contributed by atoms with Crippen LogP contribution in [0.1, 0.15) is 125 Å². The van der Waals surface area contributed by atoms with Gasteiger partial charge in [0.15, 0.2) is 0 Å². The molecule has 0 amide bonds. The highest BCUT2D eigenvalue weighted by molar-refractivity contribution is 6.14. The first kappa shape index (κ1) is 90.2. The normalized spacial score (nSPS) is 14.1. The molecule has 0 aliphatic heterocycles. The van der Waals surface area contributed by atoms with Crippen LogP contribution < -0.4 is 9.80 Å². The zero-order chi connectivity index (χ0) is 101. The summed E-state index contributed by atoms with van der Waals surface area (Å²) in [4.78, 5) is 5.01. The Kier molecular flexibility index (Phi) is 21.1. The minimum Gasteiger partial charge on any atom is -0.310 e. The topological polar surface area (TPSA) is 6.48 Å². The molecule has 2 heteroatoms. The molecule has 0 saturated heterocycles. The first-order valence-electron chi connectivity index (χ1n) is 52.7. The molecule has 5 aliphatic carbocycles. The molecule has 0 spiro atoms. The van der Waals surface area contributed by atoms with Crippen LogP contribution in [0.5, 0.6) is 0 Å². The molecule has 0 N–H and O–H groups in total. The van der Waals surface area contributed by atoms with Gasteiger partial charge in [0.1, 0.15) is 0 Å². The lowest BCUT2D eigenvalue weighted by Crippen LogP contribution is -2.19. The van der Waals surface area contributed by atoms with E-state index in [9.17, 15) is 0 Å². The second-order valence-electron chi connectivity index (χ2n) is 44.2. The predicted octanol–water partition coefficient (Wildman–Crippen LogP) is 40.3. The number of fused-ring (bicyclic) bond motifs is 19. The summed E-state index contributed by atoms with van der Waals surface area (Å²) in [6.45, 7) is 24.0. The SMILES string of the molecule is CC1(C)c2cc(-c3ccccc3)ccc2-c2ccc(N(c3ccc(-c4ccc(-c5ccccc5)cc4)cc3)c3ccc4c(c3)C(C)(C)c3cc(-c5ccc(-c6cc7ccccc7c7ccccc67)cc5)ccc3-4)cc21.CC1(C)c2cc(-c3ccccc3)ccc2-c2ccc(N(c3ccc4c(c3)C(C)(C)c3cc(-c5ccccc5)ccc3-4)c3ccc4c(c3)C(C)(C)c3cc(-c5ccc(-c6ccc7ccccc7c6)cc5)ccc3-4)cc21. The number of nitrogens with zero attached hydrogens (tertiary/aromatic N) is 2. The number of hydrogen-bond acceptors (Lipinski definition) is 2. The van der Waals surface area contributed by atoms with Gasteiger partial charge in [0.2, 0.25) is 0 Å². The molecule has 0 atom stereocenters. The number of anilines is 6. The highest BCUT2D eigenvalue weighted by atomic mass is 15.1. The van der Waals surface area contributed by atoms with Crippen molar-refractivity contribution in [2.45, 2.75) is 96.3 Å². The summed E-state index contributed by atoms with van der Waals surface area (Å²) in [5, 5.41) is 7.66. The third-order valence-corrected chi connectivity index (χ3v) is 34.0. The van der Waals surface area contributed by atoms with Crippen LogP contribution in [0.25, 0.3) is 188 Å². The first-order valence-corrected chi connectivity index (χ1v) is 52.7. The Morgan fingerprint density at radius 3 is 0.624 bits per heavy atom. The van der Waals surface area contributed by atoms with Crippen molar-refractivity contribution in [3.8, 4) is 156 Å². The van der Waals surface area contributed by atoms with Gasteiger partial charge in [-0.15, -0.1) is 0 Å². The van der Waals surface area contributed by atoms with Crippen LogP contribution in [0.2, 0.25) is 0 Å². The van der Waals surface area contributed by atoms with Crippen molar-refractivity contribution >= 4 is 66.4 Å². The Bertz CT molecular complexity index is 9190. The maximum absolute atomic E-state index is 2.53. The van der Waals surface area contributed by atoms with Crippen LogP contribution in [0.4, 0.5) is 34.1 Å². The first-order chi connectivity index (χ1) is 72.6. The van der Waals surface area contributed by atoms with Crippen molar-refractivity contribution < 1.29 is 0 Å². The van der Waals surface area contributed by atoms with Crippen LogP contribution >= 0.6 is 0 Å². The van der Waals surface area contributed by atoms with Gasteiger partial charge in [-0.2, -0.15) is 0 Å². The van der Waals surface area contributed by atoms with Gasteiger partial charge in [-0.25, -0.2) is 0 Å². The van der Waals surface area contributed by atoms with Crippen molar-refractivity contribution in [2.24, 2.45) is 0 Å². The standard InChI is InChI=1S/C74H55N.C73H57N/c1-73(2)69-44-55(49-17-9-6-10-18-49)33-39-64(69)66-41-37-59(46-71(66)73)75(58-35-31-52(32-36-58)51-25-23-50(24-26-51)48-15-7-5-8-16-48)60-38-42-67-65-40-34-56(45-70(65)74(3,4)72(67)47-60)53-27-29-54(30-28-53)68-43-57-19-11-12-20-61(57)62-21-13-14-22-63(62)68;1-71(2)65-40-53(46-15-9-7-10-16-46)27-33-59(65)62-36-30-56(43-68(62)71)74(57-31-37-63-60-34-28-54(47-17-11-8-12-18-47)41-66(60)72(3,4)69(63)44-57)58-32-38-64-61-35-29-55(42-67(61)73(5,6)70(64)45-58)50-23-21-49(22-24-50)52-26-25-48-19-13-14-20-51(48)39-52/h5-47H,1-4H3;7-45H,1-6H3. The van der Waals surface area contributed by atoms with E-state index in [0.717, 1.165) is 34.1 Å². The lowest BCUT2D eigenvalue weighted by Gasteiger charge is -2.31. The average molecular weight is 1910 g/mol. The van der Waals surface area contributed by atoms with Gasteiger partial charge in [0, 0.05) is 61.2 Å². The van der Waals surface area contributed by atoms with Gasteiger partial charge >= 0.3 is 0 Å². The molecule has 5 aliphatic rings. The fourth-order valence-electron chi connectivity index (χ4n) is 25.7. The number of hydrogen-bond donors (Lipinski definition) is 0. The molecule has 28 rings (SSSR count). The molecule has 0 bridgehead atoms. The summed E-state index contributed by atoms with van der Waals surface area (Å²) in [6, 6.07) is 186. The third kappa shape index (κ3) is 15.0. The molecule has 149 heavy (non-hydrogen) atoms. The second kappa shape index (κ2) is 34.8. The minimum absolute atomic E-state index is 0.197. The fraction of sp³-hybridized carbons (Fsp3) is 0.102. The lowest BCUT2D eigenvalue weighted by atomic mass is 9.81. The van der Waals surface area contributed by atoms with E-state index < -0.39 is 0 Å². The Balaban J connectivity index is 0.000000147. The van der Waals surface area contributed by atoms with Gasteiger partial charge in [0.25, 0.3) is 0 Å². The van der Waals surface area contributed by atoms with Gasteiger partial charge in [-0.1, -0.05) is 451 Å². The van der Waals surface area contributed by atoms with Crippen LogP contribution in [0.15, 0.2) is 497 Å². The average Bonchev–Trinajstić information content (AvgIpc) is 1.56. The summed E-state index contributed by atoms with van der Waals surface area (Å²) < 4.78 is 0. The molecule has 0 heterocycles. The van der Waals surface area contributed by atoms with Crippen molar-refractivity contribution in [2.75, 3.05) is 9.80 Å². The summed E-state index contributed by atoms with van der Waals surface area (Å²) in [7, 11) is 0. The molecule has 710 valence electrons. The van der Waals surface area contributed by atoms with Crippen molar-refractivity contribution in [3.05, 3.63) is 553 Å². The molecule has 23 aromatic rings. The van der Waals surface area contributed by atoms with E-state index in [1.807, 2.05) is 0 Å². The molecule has 2 nitrogen and oxygen atoms in total. The summed E-state index contributed by atoms with van der Waals surface area (Å²) in [5.74, 6) is 0. The molecular weight excluding hydrogens is 1790 g/mol. The number of benzene rings is 23. The van der Waals surface area contributed by atoms with E-state index in [4.69, 9.17) is 0 Å². The molecule has 0 fully saturated rings. The third-order valence-electron chi connectivity index (χ3n) is 34.0. The summed E-state index contributed by atoms with van der Waals surface area (Å²) >= 11 is 0. The fourth-order valence-corrected chi connectivity index (χ4v) is 25.7. The maximum atomic E-state index is 2.53. The van der Waals surface area contributed by atoms with Crippen molar-refractivity contribution in [1.82, 2.24) is 0 Å². The van der Waals surface area contributed by atoms with Gasteiger partial charge in [-0.05, 0) is 359 Å². The largest absolute Gasteiger partial charge is 0.310 e. The van der Waals surface area contributed by atoms with Crippen LogP contribution in [0.3, 0.4) is 0 Å². The molecule has 0 saturated carbocycles. The van der Waals surface area contributed by atoms with E-state index in [1.165, 1.54) is 244 Å². The summed E-state index contributed by atoms with van der Waals surface area (Å²) in [6.07, 6.45) is 0. The second-order valence-corrected chi connectivity index (χ2v) is 44.2. The van der Waals surface area contributed by atoms with Crippen LogP contribution in [-0.4, -0.2) is 0 Å². The van der Waals surface area contributed by atoms with Crippen LogP contribution in [-0.2, 0) is 27.1 Å². The molecule has 0 radical (unpaired) electrons. The minimum atomic E-state index is -0.236. The quantitative estimate of drug-likeness (QED) is 0.0944. The molecule has 0 aromatic heterocycles. The molecule has 23 aromatic carbocycles. The number of rotatable bonds is 15. The van der Waals surface area contributed by atoms with E-state index in [1.54, 1.807) is 0 Å². The van der Waals surface area contributed by atoms with E-state index in [0.29, 0.717) is 0 Å². The van der Waals surface area contributed by atoms with Gasteiger partial charge in [-0.3, -0.25) is 0 Å². The predicted molar refractivity (Wildman–Crippen MR) is 632 cm³/mol. The smallest absolute Gasteiger partial charge is 0.0465 e. The highest BCUT2D eigenvalue weighted by Crippen LogP contribution is 2.60. The van der Waals surface area contributed by atoms with Gasteiger partial charge in [0.05, 0.1) is 0 Å². The molecular formula is C147H112N2. The Morgan fingerprint density at radius 1 is 0.114 bits per heavy atom. The van der Waals surface area contributed by atoms with E-state index in [2.05, 4.69) is 576 Å². The van der Waals surface area contributed by atoms with Gasteiger partial charge < -0.3 is 9.80 Å². The van der Waals surface area contributed by atoms with E-state index in [-0.39, 0.29) is 27.1 Å². The van der Waals surface area contributed by atoms with Crippen LogP contribution in [0, 0.1) is 0 Å². The Morgan fingerprint density at radius 2 is 0.309 bits per heavy atom. The van der Waals surface area contributed by atoms with Crippen molar-refractivity contribution in [1.29, 1.82) is 0 Å². The molecule has 0 unspecified atom stereocenters. The zero-order valence-corrected chi connectivity index (χ0v) is 85.7. The Labute approximate surface area is 875 Å².